The average molecular weight is 408 g/mol. The minimum atomic E-state index is -0.910. The third-order valence-electron chi connectivity index (χ3n) is 5.81. The second-order valence-electron chi connectivity index (χ2n) is 8.03. The van der Waals surface area contributed by atoms with Gasteiger partial charge in [-0.25, -0.2) is 4.79 Å². The van der Waals surface area contributed by atoms with Gasteiger partial charge in [0.05, 0.1) is 5.56 Å². The van der Waals surface area contributed by atoms with Crippen molar-refractivity contribution in [3.8, 4) is 0 Å². The van der Waals surface area contributed by atoms with E-state index in [9.17, 15) is 14.4 Å². The van der Waals surface area contributed by atoms with Crippen LogP contribution in [0.3, 0.4) is 0 Å². The summed E-state index contributed by atoms with van der Waals surface area (Å²) in [4.78, 5) is 40.2. The average Bonchev–Trinajstić information content (AvgIpc) is 2.78. The topological polar surface area (TPSA) is 63.7 Å². The van der Waals surface area contributed by atoms with E-state index in [-0.39, 0.29) is 28.9 Å². The van der Waals surface area contributed by atoms with Gasteiger partial charge in [-0.15, -0.1) is 0 Å². The van der Waals surface area contributed by atoms with Gasteiger partial charge in [0.2, 0.25) is 0 Å². The normalized spacial score (nSPS) is 15.3. The highest BCUT2D eigenvalue weighted by Crippen LogP contribution is 2.23. The molecule has 1 fully saturated rings. The third kappa shape index (κ3) is 4.96. The van der Waals surface area contributed by atoms with Gasteiger partial charge in [-0.2, -0.15) is 0 Å². The first-order valence-corrected chi connectivity index (χ1v) is 10.6. The molecule has 1 aliphatic carbocycles. The quantitative estimate of drug-likeness (QED) is 0.520. The Bertz CT molecular complexity index is 913. The van der Waals surface area contributed by atoms with Crippen LogP contribution in [-0.4, -0.2) is 41.8 Å². The Morgan fingerprint density at radius 2 is 1.53 bits per heavy atom. The van der Waals surface area contributed by atoms with E-state index in [4.69, 9.17) is 4.74 Å². The van der Waals surface area contributed by atoms with Crippen LogP contribution in [0.5, 0.6) is 0 Å². The number of carbonyl (C=O) groups is 3. The number of ether oxygens (including phenoxy) is 1. The van der Waals surface area contributed by atoms with Gasteiger partial charge < -0.3 is 9.64 Å². The molecule has 3 rings (SSSR count). The maximum absolute atomic E-state index is 12.9. The number of benzene rings is 2. The molecule has 0 radical (unpaired) electrons. The lowest BCUT2D eigenvalue weighted by Crippen LogP contribution is -2.44. The molecule has 0 unspecified atom stereocenters. The van der Waals surface area contributed by atoms with Gasteiger partial charge in [0.1, 0.15) is 0 Å². The van der Waals surface area contributed by atoms with Crippen molar-refractivity contribution in [2.45, 2.75) is 58.1 Å². The molecule has 0 heterocycles. The van der Waals surface area contributed by atoms with Crippen LogP contribution < -0.4 is 0 Å². The van der Waals surface area contributed by atoms with Gasteiger partial charge >= 0.3 is 5.97 Å². The summed E-state index contributed by atoms with van der Waals surface area (Å²) in [6.07, 6.45) is 4.49. The number of nitrogens with zero attached hydrogens (tertiary/aromatic N) is 1. The number of rotatable bonds is 6. The van der Waals surface area contributed by atoms with E-state index < -0.39 is 12.1 Å². The standard InChI is InChI=1S/C25H29NO4/c1-17-13-15-19(16-14-17)23(27)21-11-7-8-12-22(21)25(29)30-18(2)24(28)26(3)20-9-5-4-6-10-20/h7-8,11-16,18,20H,4-6,9-10H2,1-3H3/t18-/m1/s1. The molecule has 1 aliphatic rings. The fourth-order valence-corrected chi connectivity index (χ4v) is 3.93. The van der Waals surface area contributed by atoms with E-state index in [1.807, 2.05) is 19.1 Å². The van der Waals surface area contributed by atoms with Gasteiger partial charge in [-0.05, 0) is 32.8 Å². The minimum absolute atomic E-state index is 0.169. The summed E-state index contributed by atoms with van der Waals surface area (Å²) in [6, 6.07) is 14.0. The first-order chi connectivity index (χ1) is 14.4. The fourth-order valence-electron chi connectivity index (χ4n) is 3.93. The number of esters is 1. The van der Waals surface area contributed by atoms with Gasteiger partial charge in [0.15, 0.2) is 11.9 Å². The van der Waals surface area contributed by atoms with E-state index >= 15 is 0 Å². The molecule has 0 aromatic heterocycles. The molecule has 1 atom stereocenters. The van der Waals surface area contributed by atoms with Crippen molar-refractivity contribution >= 4 is 17.7 Å². The summed E-state index contributed by atoms with van der Waals surface area (Å²) < 4.78 is 5.47. The Labute approximate surface area is 178 Å². The van der Waals surface area contributed by atoms with E-state index in [2.05, 4.69) is 0 Å². The number of hydrogen-bond acceptors (Lipinski definition) is 4. The van der Waals surface area contributed by atoms with Crippen molar-refractivity contribution in [2.75, 3.05) is 7.05 Å². The van der Waals surface area contributed by atoms with E-state index in [0.717, 1.165) is 31.2 Å². The van der Waals surface area contributed by atoms with Crippen LogP contribution in [0, 0.1) is 6.92 Å². The molecular weight excluding hydrogens is 378 g/mol. The first-order valence-electron chi connectivity index (χ1n) is 10.6. The Hall–Kier alpha value is -2.95. The molecule has 1 amide bonds. The maximum Gasteiger partial charge on any atom is 0.339 e. The fraction of sp³-hybridized carbons (Fsp3) is 0.400. The van der Waals surface area contributed by atoms with E-state index in [1.54, 1.807) is 55.3 Å². The zero-order chi connectivity index (χ0) is 21.7. The molecule has 0 N–H and O–H groups in total. The molecule has 158 valence electrons. The molecule has 0 aliphatic heterocycles. The zero-order valence-electron chi connectivity index (χ0n) is 17.9. The van der Waals surface area contributed by atoms with Crippen molar-refractivity contribution in [2.24, 2.45) is 0 Å². The number of carbonyl (C=O) groups excluding carboxylic acids is 3. The monoisotopic (exact) mass is 407 g/mol. The molecule has 5 heteroatoms. The van der Waals surface area contributed by atoms with Gasteiger partial charge in [0, 0.05) is 24.2 Å². The zero-order valence-corrected chi connectivity index (χ0v) is 17.9. The van der Waals surface area contributed by atoms with Crippen molar-refractivity contribution in [3.63, 3.8) is 0 Å². The SMILES string of the molecule is Cc1ccc(C(=O)c2ccccc2C(=O)O[C@H](C)C(=O)N(C)C2CCCCC2)cc1. The number of amides is 1. The lowest BCUT2D eigenvalue weighted by atomic mass is 9.94. The molecule has 30 heavy (non-hydrogen) atoms. The van der Waals surface area contributed by atoms with Gasteiger partial charge in [-0.3, -0.25) is 9.59 Å². The second-order valence-corrected chi connectivity index (χ2v) is 8.03. The Balaban J connectivity index is 1.73. The van der Waals surface area contributed by atoms with Crippen LogP contribution in [0.2, 0.25) is 0 Å². The van der Waals surface area contributed by atoms with E-state index in [0.29, 0.717) is 5.56 Å². The molecule has 2 aromatic carbocycles. The van der Waals surface area contributed by atoms with Crippen LogP contribution in [0.1, 0.15) is 70.9 Å². The summed E-state index contributed by atoms with van der Waals surface area (Å²) >= 11 is 0. The summed E-state index contributed by atoms with van der Waals surface area (Å²) in [5.41, 5.74) is 1.99. The molecular formula is C25H29NO4. The first kappa shape index (κ1) is 21.8. The highest BCUT2D eigenvalue weighted by atomic mass is 16.5. The van der Waals surface area contributed by atoms with E-state index in [1.165, 1.54) is 6.42 Å². The number of ketones is 1. The number of hydrogen-bond donors (Lipinski definition) is 0. The minimum Gasteiger partial charge on any atom is -0.449 e. The molecule has 0 spiro atoms. The van der Waals surface area contributed by atoms with Crippen molar-refractivity contribution < 1.29 is 19.1 Å². The third-order valence-corrected chi connectivity index (χ3v) is 5.81. The van der Waals surface area contributed by atoms with Crippen molar-refractivity contribution in [3.05, 3.63) is 70.8 Å². The second kappa shape index (κ2) is 9.70. The van der Waals surface area contributed by atoms with Gasteiger partial charge in [-0.1, -0.05) is 67.3 Å². The summed E-state index contributed by atoms with van der Waals surface area (Å²) in [5, 5.41) is 0. The largest absolute Gasteiger partial charge is 0.449 e. The lowest BCUT2D eigenvalue weighted by molar-refractivity contribution is -0.141. The predicted octanol–water partition coefficient (Wildman–Crippen LogP) is 4.56. The molecule has 1 saturated carbocycles. The van der Waals surface area contributed by atoms with Crippen molar-refractivity contribution in [1.82, 2.24) is 4.90 Å². The molecule has 5 nitrogen and oxygen atoms in total. The lowest BCUT2D eigenvalue weighted by Gasteiger charge is -2.32. The summed E-state index contributed by atoms with van der Waals surface area (Å²) in [7, 11) is 1.78. The van der Waals surface area contributed by atoms with Crippen molar-refractivity contribution in [1.29, 1.82) is 0 Å². The van der Waals surface area contributed by atoms with Gasteiger partial charge in [0.25, 0.3) is 5.91 Å². The van der Waals surface area contributed by atoms with Crippen LogP contribution in [0.4, 0.5) is 0 Å². The van der Waals surface area contributed by atoms with Crippen LogP contribution in [0.25, 0.3) is 0 Å². The molecule has 2 aromatic rings. The Morgan fingerprint density at radius 1 is 0.933 bits per heavy atom. The predicted molar refractivity (Wildman–Crippen MR) is 116 cm³/mol. The molecule has 0 bridgehead atoms. The summed E-state index contributed by atoms with van der Waals surface area (Å²) in [6.45, 7) is 3.53. The maximum atomic E-state index is 12.9. The number of aryl methyl sites for hydroxylation is 1. The van der Waals surface area contributed by atoms with Crippen LogP contribution in [-0.2, 0) is 9.53 Å². The smallest absolute Gasteiger partial charge is 0.339 e. The van der Waals surface area contributed by atoms with Crippen LogP contribution in [0.15, 0.2) is 48.5 Å². The Kier molecular flexibility index (Phi) is 7.03. The summed E-state index contributed by atoms with van der Waals surface area (Å²) in [5.74, 6) is -1.12. The molecule has 0 saturated heterocycles. The van der Waals surface area contributed by atoms with Crippen LogP contribution >= 0.6 is 0 Å². The number of likely N-dealkylation sites (N-methyl/N-ethyl adjacent to an activating group) is 1. The Morgan fingerprint density at radius 3 is 2.17 bits per heavy atom. The highest BCUT2D eigenvalue weighted by Gasteiger charge is 2.29. The highest BCUT2D eigenvalue weighted by molar-refractivity contribution is 6.14.